The van der Waals surface area contributed by atoms with Crippen molar-refractivity contribution in [1.29, 1.82) is 0 Å². The molecule has 0 amide bonds. The second-order valence-corrected chi connectivity index (χ2v) is 6.44. The van der Waals surface area contributed by atoms with Crippen molar-refractivity contribution < 1.29 is 14.3 Å². The van der Waals surface area contributed by atoms with E-state index in [-0.39, 0.29) is 18.3 Å². The zero-order chi connectivity index (χ0) is 18.0. The maximum absolute atomic E-state index is 12.3. The molecule has 1 aliphatic heterocycles. The molecule has 4 rings (SSSR count). The van der Waals surface area contributed by atoms with E-state index in [1.807, 2.05) is 60.7 Å². The number of ether oxygens (including phenoxy) is 2. The summed E-state index contributed by atoms with van der Waals surface area (Å²) < 4.78 is 11.6. The third kappa shape index (κ3) is 2.57. The first-order valence-electron chi connectivity index (χ1n) is 8.71. The Labute approximate surface area is 153 Å². The highest BCUT2D eigenvalue weighted by Gasteiger charge is 2.51. The second-order valence-electron chi connectivity index (χ2n) is 6.44. The first-order chi connectivity index (χ1) is 12.8. The summed E-state index contributed by atoms with van der Waals surface area (Å²) in [5, 5.41) is 0. The molecule has 3 aromatic rings. The topological polar surface area (TPSA) is 35.5 Å². The maximum Gasteiger partial charge on any atom is 0.306 e. The normalized spacial score (nSPS) is 17.2. The molecule has 26 heavy (non-hydrogen) atoms. The van der Waals surface area contributed by atoms with Crippen LogP contribution in [0.5, 0.6) is 5.75 Å². The van der Waals surface area contributed by atoms with Crippen molar-refractivity contribution in [2.75, 3.05) is 7.11 Å². The fraction of sp³-hybridized carbons (Fsp3) is 0.174. The number of carbonyl (C=O) groups excluding carboxylic acids is 1. The highest BCUT2D eigenvalue weighted by molar-refractivity contribution is 5.72. The molecule has 3 heteroatoms. The standard InChI is InChI=1S/C23H20O3/c1-25-22(24)16-20-19-14-8-9-15-21(19)26-23(20,17-10-4-2-5-11-17)18-12-6-3-7-13-18/h2-15,20H,16H2,1H3/t20-/m1/s1. The van der Waals surface area contributed by atoms with E-state index in [1.54, 1.807) is 0 Å². The summed E-state index contributed by atoms with van der Waals surface area (Å²) in [6.45, 7) is 0. The van der Waals surface area contributed by atoms with Crippen LogP contribution in [0.4, 0.5) is 0 Å². The van der Waals surface area contributed by atoms with Crippen LogP contribution in [0.15, 0.2) is 84.9 Å². The Hall–Kier alpha value is -3.07. The molecule has 3 nitrogen and oxygen atoms in total. The Morgan fingerprint density at radius 3 is 2.00 bits per heavy atom. The van der Waals surface area contributed by atoms with E-state index >= 15 is 0 Å². The minimum atomic E-state index is -0.763. The van der Waals surface area contributed by atoms with Gasteiger partial charge in [-0.15, -0.1) is 0 Å². The van der Waals surface area contributed by atoms with Crippen molar-refractivity contribution in [3.05, 3.63) is 102 Å². The molecular weight excluding hydrogens is 324 g/mol. The molecule has 1 aliphatic rings. The maximum atomic E-state index is 12.3. The molecule has 0 saturated carbocycles. The van der Waals surface area contributed by atoms with Crippen molar-refractivity contribution in [1.82, 2.24) is 0 Å². The van der Waals surface area contributed by atoms with Crippen LogP contribution in [-0.4, -0.2) is 13.1 Å². The molecule has 1 heterocycles. The van der Waals surface area contributed by atoms with Gasteiger partial charge >= 0.3 is 5.97 Å². The van der Waals surface area contributed by atoms with Crippen molar-refractivity contribution in [2.45, 2.75) is 17.9 Å². The van der Waals surface area contributed by atoms with Crippen LogP contribution in [0.1, 0.15) is 29.0 Å². The van der Waals surface area contributed by atoms with Crippen molar-refractivity contribution in [3.63, 3.8) is 0 Å². The van der Waals surface area contributed by atoms with Gasteiger partial charge in [-0.3, -0.25) is 4.79 Å². The number of carbonyl (C=O) groups is 1. The van der Waals surface area contributed by atoms with Gasteiger partial charge in [0.15, 0.2) is 5.60 Å². The van der Waals surface area contributed by atoms with Gasteiger partial charge in [0.2, 0.25) is 0 Å². The average molecular weight is 344 g/mol. The third-order valence-electron chi connectivity index (χ3n) is 5.06. The lowest BCUT2D eigenvalue weighted by Crippen LogP contribution is -2.37. The van der Waals surface area contributed by atoms with E-state index in [1.165, 1.54) is 7.11 Å². The fourth-order valence-corrected chi connectivity index (χ4v) is 3.89. The Bertz CT molecular complexity index is 864. The van der Waals surface area contributed by atoms with E-state index in [2.05, 4.69) is 24.3 Å². The van der Waals surface area contributed by atoms with Gasteiger partial charge in [0.1, 0.15) is 5.75 Å². The van der Waals surface area contributed by atoms with Crippen molar-refractivity contribution in [3.8, 4) is 5.75 Å². The smallest absolute Gasteiger partial charge is 0.306 e. The predicted molar refractivity (Wildman–Crippen MR) is 100 cm³/mol. The summed E-state index contributed by atoms with van der Waals surface area (Å²) >= 11 is 0. The van der Waals surface area contributed by atoms with Crippen LogP contribution >= 0.6 is 0 Å². The van der Waals surface area contributed by atoms with Gasteiger partial charge in [0, 0.05) is 22.6 Å². The van der Waals surface area contributed by atoms with Gasteiger partial charge in [0.05, 0.1) is 13.5 Å². The Morgan fingerprint density at radius 1 is 0.885 bits per heavy atom. The van der Waals surface area contributed by atoms with Gasteiger partial charge in [-0.05, 0) is 6.07 Å². The molecule has 0 aromatic heterocycles. The second kappa shape index (κ2) is 6.68. The molecule has 0 unspecified atom stereocenters. The highest BCUT2D eigenvalue weighted by atomic mass is 16.5. The SMILES string of the molecule is COC(=O)C[C@@H]1c2ccccc2OC1(c1ccccc1)c1ccccc1. The largest absolute Gasteiger partial charge is 0.477 e. The number of esters is 1. The van der Waals surface area contributed by atoms with Gasteiger partial charge < -0.3 is 9.47 Å². The molecular formula is C23H20O3. The first-order valence-corrected chi connectivity index (χ1v) is 8.71. The summed E-state index contributed by atoms with van der Waals surface area (Å²) in [6, 6.07) is 28.2. The average Bonchev–Trinajstić information content (AvgIpc) is 3.04. The molecule has 0 spiro atoms. The Kier molecular flexibility index (Phi) is 4.21. The quantitative estimate of drug-likeness (QED) is 0.645. The van der Waals surface area contributed by atoms with E-state index in [4.69, 9.17) is 9.47 Å². The molecule has 1 atom stereocenters. The van der Waals surface area contributed by atoms with E-state index in [9.17, 15) is 4.79 Å². The van der Waals surface area contributed by atoms with E-state index < -0.39 is 5.60 Å². The van der Waals surface area contributed by atoms with Gasteiger partial charge in [-0.1, -0.05) is 78.9 Å². The minimum absolute atomic E-state index is 0.170. The molecule has 0 fully saturated rings. The Morgan fingerprint density at radius 2 is 1.42 bits per heavy atom. The zero-order valence-corrected chi connectivity index (χ0v) is 14.6. The summed E-state index contributed by atoms with van der Waals surface area (Å²) in [6.07, 6.45) is 0.247. The predicted octanol–water partition coefficient (Wildman–Crippen LogP) is 4.67. The zero-order valence-electron chi connectivity index (χ0n) is 14.6. The van der Waals surface area contributed by atoms with E-state index in [0.717, 1.165) is 22.4 Å². The summed E-state index contributed by atoms with van der Waals surface area (Å²) in [5.74, 6) is 0.400. The molecule has 0 bridgehead atoms. The molecule has 0 radical (unpaired) electrons. The highest BCUT2D eigenvalue weighted by Crippen LogP contribution is 2.55. The van der Waals surface area contributed by atoms with Crippen LogP contribution in [0.3, 0.4) is 0 Å². The molecule has 0 saturated heterocycles. The van der Waals surface area contributed by atoms with Crippen LogP contribution in [0.2, 0.25) is 0 Å². The van der Waals surface area contributed by atoms with Crippen LogP contribution < -0.4 is 4.74 Å². The molecule has 0 N–H and O–H groups in total. The molecule has 3 aromatic carbocycles. The minimum Gasteiger partial charge on any atom is -0.477 e. The lowest BCUT2D eigenvalue weighted by Gasteiger charge is -2.35. The molecule has 0 aliphatic carbocycles. The van der Waals surface area contributed by atoms with Crippen molar-refractivity contribution in [2.24, 2.45) is 0 Å². The number of methoxy groups -OCH3 is 1. The molecule has 130 valence electrons. The fourth-order valence-electron chi connectivity index (χ4n) is 3.89. The summed E-state index contributed by atoms with van der Waals surface area (Å²) in [7, 11) is 1.43. The number of fused-ring (bicyclic) bond motifs is 1. The number of para-hydroxylation sites is 1. The number of hydrogen-bond donors (Lipinski definition) is 0. The van der Waals surface area contributed by atoms with Gasteiger partial charge in [0.25, 0.3) is 0 Å². The van der Waals surface area contributed by atoms with Crippen molar-refractivity contribution >= 4 is 5.97 Å². The number of hydrogen-bond acceptors (Lipinski definition) is 3. The lowest BCUT2D eigenvalue weighted by atomic mass is 9.73. The van der Waals surface area contributed by atoms with Gasteiger partial charge in [-0.2, -0.15) is 0 Å². The number of benzene rings is 3. The van der Waals surface area contributed by atoms with Crippen LogP contribution in [-0.2, 0) is 15.1 Å². The number of rotatable bonds is 4. The monoisotopic (exact) mass is 344 g/mol. The Balaban J connectivity index is 1.96. The summed E-state index contributed by atoms with van der Waals surface area (Å²) in [4.78, 5) is 12.3. The van der Waals surface area contributed by atoms with Crippen LogP contribution in [0, 0.1) is 0 Å². The van der Waals surface area contributed by atoms with Gasteiger partial charge in [-0.25, -0.2) is 0 Å². The lowest BCUT2D eigenvalue weighted by molar-refractivity contribution is -0.141. The van der Waals surface area contributed by atoms with E-state index in [0.29, 0.717) is 0 Å². The summed E-state index contributed by atoms with van der Waals surface area (Å²) in [5.41, 5.74) is 2.32. The first kappa shape index (κ1) is 16.4. The third-order valence-corrected chi connectivity index (χ3v) is 5.06. The van der Waals surface area contributed by atoms with Crippen LogP contribution in [0.25, 0.3) is 0 Å².